The monoisotopic (exact) mass is 388 g/mol. The molecule has 6 nitrogen and oxygen atoms in total. The smallest absolute Gasteiger partial charge is 0.272 e. The van der Waals surface area contributed by atoms with E-state index in [0.717, 1.165) is 11.1 Å². The number of aryl methyl sites for hydroxylation is 2. The molecule has 1 aliphatic heterocycles. The van der Waals surface area contributed by atoms with Gasteiger partial charge >= 0.3 is 0 Å². The predicted octanol–water partition coefficient (Wildman–Crippen LogP) is 3.15. The topological polar surface area (TPSA) is 87.8 Å². The van der Waals surface area contributed by atoms with Crippen LogP contribution in [0.2, 0.25) is 5.02 Å². The van der Waals surface area contributed by atoms with Crippen LogP contribution in [0.1, 0.15) is 17.5 Å². The molecule has 1 unspecified atom stereocenters. The molecule has 0 saturated heterocycles. The van der Waals surface area contributed by atoms with Gasteiger partial charge in [-0.15, -0.1) is 0 Å². The van der Waals surface area contributed by atoms with Gasteiger partial charge < -0.3 is 11.1 Å². The number of benzene rings is 2. The van der Waals surface area contributed by atoms with E-state index in [4.69, 9.17) is 17.3 Å². The van der Waals surface area contributed by atoms with Crippen LogP contribution in [0.15, 0.2) is 41.5 Å². The van der Waals surface area contributed by atoms with Crippen LogP contribution < -0.4 is 16.1 Å². The second-order valence-electron chi connectivity index (χ2n) is 6.38. The highest BCUT2D eigenvalue weighted by molar-refractivity contribution is 6.45. The van der Waals surface area contributed by atoms with Crippen molar-refractivity contribution in [3.05, 3.63) is 58.4 Å². The zero-order valence-electron chi connectivity index (χ0n) is 14.8. The Labute approximate surface area is 160 Å². The number of nitrogens with one attached hydrogen (secondary N) is 1. The fourth-order valence-corrected chi connectivity index (χ4v) is 3.33. The number of carbonyl (C=O) groups is 2. The highest BCUT2D eigenvalue weighted by Gasteiger charge is 2.35. The number of hydrogen-bond acceptors (Lipinski definition) is 4. The second kappa shape index (κ2) is 7.36. The first-order chi connectivity index (χ1) is 12.8. The van der Waals surface area contributed by atoms with Crippen molar-refractivity contribution in [1.82, 2.24) is 0 Å². The summed E-state index contributed by atoms with van der Waals surface area (Å²) in [4.78, 5) is 24.5. The summed E-state index contributed by atoms with van der Waals surface area (Å²) in [5, 5.41) is 8.73. The van der Waals surface area contributed by atoms with E-state index in [1.165, 1.54) is 29.3 Å². The molecular formula is C19H18ClFN4O2. The van der Waals surface area contributed by atoms with Gasteiger partial charge in [0.1, 0.15) is 17.6 Å². The minimum absolute atomic E-state index is 0.0427. The van der Waals surface area contributed by atoms with Gasteiger partial charge in [-0.3, -0.25) is 14.6 Å². The fraction of sp³-hybridized carbons (Fsp3) is 0.211. The highest BCUT2D eigenvalue weighted by atomic mass is 35.5. The average Bonchev–Trinajstić information content (AvgIpc) is 3.04. The molecule has 0 fully saturated rings. The fourth-order valence-electron chi connectivity index (χ4n) is 2.96. The first kappa shape index (κ1) is 18.8. The number of hydrazone groups is 1. The van der Waals surface area contributed by atoms with E-state index in [2.05, 4.69) is 10.4 Å². The van der Waals surface area contributed by atoms with Crippen molar-refractivity contribution in [3.63, 3.8) is 0 Å². The first-order valence-corrected chi connectivity index (χ1v) is 8.63. The van der Waals surface area contributed by atoms with E-state index in [9.17, 15) is 14.0 Å². The maximum atomic E-state index is 13.2. The van der Waals surface area contributed by atoms with Gasteiger partial charge in [-0.25, -0.2) is 4.39 Å². The lowest BCUT2D eigenvalue weighted by molar-refractivity contribution is -0.119. The van der Waals surface area contributed by atoms with Crippen LogP contribution >= 0.6 is 11.6 Å². The Balaban J connectivity index is 1.87. The van der Waals surface area contributed by atoms with Crippen molar-refractivity contribution < 1.29 is 14.0 Å². The Hall–Kier alpha value is -2.93. The van der Waals surface area contributed by atoms with Gasteiger partial charge in [0, 0.05) is 6.42 Å². The van der Waals surface area contributed by atoms with Gasteiger partial charge in [0.25, 0.3) is 5.91 Å². The van der Waals surface area contributed by atoms with Gasteiger partial charge in [-0.2, -0.15) is 5.10 Å². The summed E-state index contributed by atoms with van der Waals surface area (Å²) in [6, 6.07) is 8.25. The molecule has 0 bridgehead atoms. The van der Waals surface area contributed by atoms with Crippen molar-refractivity contribution in [2.75, 3.05) is 10.3 Å². The lowest BCUT2D eigenvalue weighted by atomic mass is 10.1. The molecule has 1 atom stereocenters. The van der Waals surface area contributed by atoms with Crippen LogP contribution in [0.5, 0.6) is 0 Å². The standard InChI is InChI=1S/C19H18ClFN4O2/c1-10-7-11(2)17(14(20)8-10)23-19(27)15-9-16(18(22)26)25(24-15)13-5-3-12(21)4-6-13/h3-8,16H,9H2,1-2H3,(H2,22,26)(H,23,27). The summed E-state index contributed by atoms with van der Waals surface area (Å²) in [5.41, 5.74) is 8.34. The maximum Gasteiger partial charge on any atom is 0.272 e. The molecule has 0 aliphatic carbocycles. The third kappa shape index (κ3) is 3.93. The van der Waals surface area contributed by atoms with Crippen molar-refractivity contribution in [1.29, 1.82) is 0 Å². The molecule has 3 N–H and O–H groups in total. The number of primary amides is 1. The first-order valence-electron chi connectivity index (χ1n) is 8.26. The summed E-state index contributed by atoms with van der Waals surface area (Å²) < 4.78 is 13.2. The Morgan fingerprint density at radius 2 is 1.93 bits per heavy atom. The number of halogens is 2. The van der Waals surface area contributed by atoms with Crippen molar-refractivity contribution in [2.24, 2.45) is 10.8 Å². The second-order valence-corrected chi connectivity index (χ2v) is 6.79. The number of anilines is 2. The van der Waals surface area contributed by atoms with Crippen LogP contribution in [0.4, 0.5) is 15.8 Å². The average molecular weight is 389 g/mol. The van der Waals surface area contributed by atoms with E-state index in [-0.39, 0.29) is 12.1 Å². The molecule has 0 spiro atoms. The number of nitrogens with two attached hydrogens (primary N) is 1. The maximum absolute atomic E-state index is 13.2. The summed E-state index contributed by atoms with van der Waals surface area (Å²) in [7, 11) is 0. The van der Waals surface area contributed by atoms with Crippen molar-refractivity contribution >= 4 is 40.5 Å². The lowest BCUT2D eigenvalue weighted by Gasteiger charge is -2.20. The number of amides is 2. The van der Waals surface area contributed by atoms with Crippen LogP contribution in [0.25, 0.3) is 0 Å². The zero-order chi connectivity index (χ0) is 19.7. The van der Waals surface area contributed by atoms with Crippen molar-refractivity contribution in [3.8, 4) is 0 Å². The molecule has 3 rings (SSSR count). The van der Waals surface area contributed by atoms with E-state index >= 15 is 0 Å². The normalized spacial score (nSPS) is 16.2. The number of rotatable bonds is 4. The third-order valence-electron chi connectivity index (χ3n) is 4.26. The highest BCUT2D eigenvalue weighted by Crippen LogP contribution is 2.29. The number of nitrogens with zero attached hydrogens (tertiary/aromatic N) is 2. The molecule has 8 heteroatoms. The Kier molecular flexibility index (Phi) is 5.14. The SMILES string of the molecule is Cc1cc(C)c(NC(=O)C2=NN(c3ccc(F)cc3)C(C(N)=O)C2)c(Cl)c1. The quantitative estimate of drug-likeness (QED) is 0.843. The molecule has 1 aliphatic rings. The molecule has 27 heavy (non-hydrogen) atoms. The van der Waals surface area contributed by atoms with E-state index in [1.807, 2.05) is 19.9 Å². The van der Waals surface area contributed by atoms with Gasteiger partial charge in [0.2, 0.25) is 5.91 Å². The van der Waals surface area contributed by atoms with Gasteiger partial charge in [0.05, 0.1) is 16.4 Å². The van der Waals surface area contributed by atoms with E-state index in [1.54, 1.807) is 6.07 Å². The van der Waals surface area contributed by atoms with E-state index in [0.29, 0.717) is 16.4 Å². The summed E-state index contributed by atoms with van der Waals surface area (Å²) in [6.45, 7) is 3.74. The molecule has 140 valence electrons. The molecule has 1 heterocycles. The van der Waals surface area contributed by atoms with Gasteiger partial charge in [-0.1, -0.05) is 17.7 Å². The molecule has 0 radical (unpaired) electrons. The molecule has 2 amide bonds. The molecule has 0 saturated carbocycles. The van der Waals surface area contributed by atoms with Crippen LogP contribution in [-0.2, 0) is 9.59 Å². The molecule has 2 aromatic carbocycles. The van der Waals surface area contributed by atoms with Gasteiger partial charge in [0.15, 0.2) is 0 Å². The summed E-state index contributed by atoms with van der Waals surface area (Å²) >= 11 is 6.23. The van der Waals surface area contributed by atoms with Crippen molar-refractivity contribution in [2.45, 2.75) is 26.3 Å². The van der Waals surface area contributed by atoms with Crippen LogP contribution in [-0.4, -0.2) is 23.6 Å². The lowest BCUT2D eigenvalue weighted by Crippen LogP contribution is -2.39. The number of carbonyl (C=O) groups excluding carboxylic acids is 2. The predicted molar refractivity (Wildman–Crippen MR) is 103 cm³/mol. The van der Waals surface area contributed by atoms with Crippen LogP contribution in [0.3, 0.4) is 0 Å². The number of hydrogen-bond donors (Lipinski definition) is 2. The minimum atomic E-state index is -0.828. The van der Waals surface area contributed by atoms with E-state index < -0.39 is 23.7 Å². The van der Waals surface area contributed by atoms with Gasteiger partial charge in [-0.05, 0) is 55.3 Å². The third-order valence-corrected chi connectivity index (χ3v) is 4.56. The Bertz CT molecular complexity index is 920. The zero-order valence-corrected chi connectivity index (χ0v) is 15.5. The van der Waals surface area contributed by atoms with Crippen LogP contribution in [0, 0.1) is 19.7 Å². The molecule has 0 aromatic heterocycles. The Morgan fingerprint density at radius 1 is 1.26 bits per heavy atom. The molecule has 2 aromatic rings. The molecular weight excluding hydrogens is 371 g/mol. The Morgan fingerprint density at radius 3 is 2.52 bits per heavy atom. The largest absolute Gasteiger partial charge is 0.368 e. The minimum Gasteiger partial charge on any atom is -0.368 e. The summed E-state index contributed by atoms with van der Waals surface area (Å²) in [6.07, 6.45) is 0.0427. The summed E-state index contributed by atoms with van der Waals surface area (Å²) in [5.74, 6) is -1.52.